The number of rotatable bonds is 6. The predicted molar refractivity (Wildman–Crippen MR) is 76.0 cm³/mol. The van der Waals surface area contributed by atoms with Crippen molar-refractivity contribution in [2.24, 2.45) is 11.7 Å². The van der Waals surface area contributed by atoms with Gasteiger partial charge in [0.25, 0.3) is 0 Å². The van der Waals surface area contributed by atoms with Gasteiger partial charge < -0.3 is 15.2 Å². The van der Waals surface area contributed by atoms with Crippen LogP contribution in [0.5, 0.6) is 11.5 Å². The van der Waals surface area contributed by atoms with Crippen LogP contribution in [-0.2, 0) is 6.54 Å². The van der Waals surface area contributed by atoms with Crippen molar-refractivity contribution in [2.45, 2.75) is 32.7 Å². The highest BCUT2D eigenvalue weighted by atomic mass is 79.9. The lowest BCUT2D eigenvalue weighted by Crippen LogP contribution is -2.19. The van der Waals surface area contributed by atoms with Crippen LogP contribution in [0.4, 0.5) is 0 Å². The molecule has 0 aliphatic heterocycles. The molecule has 0 bridgehead atoms. The zero-order valence-electron chi connectivity index (χ0n) is 10.7. The Morgan fingerprint density at radius 1 is 1.33 bits per heavy atom. The third kappa shape index (κ3) is 3.18. The lowest BCUT2D eigenvalue weighted by molar-refractivity contribution is 0.173. The molecule has 2 rings (SSSR count). The van der Waals surface area contributed by atoms with Crippen molar-refractivity contribution in [1.82, 2.24) is 0 Å². The Bertz CT molecular complexity index is 405. The lowest BCUT2D eigenvalue weighted by Gasteiger charge is -2.26. The maximum atomic E-state index is 5.91. The Balaban J connectivity index is 2.13. The Labute approximate surface area is 117 Å². The van der Waals surface area contributed by atoms with E-state index in [1.807, 2.05) is 19.1 Å². The van der Waals surface area contributed by atoms with Gasteiger partial charge in [-0.1, -0.05) is 6.42 Å². The Kier molecular flexibility index (Phi) is 4.89. The second-order valence-electron chi connectivity index (χ2n) is 4.65. The smallest absolute Gasteiger partial charge is 0.175 e. The van der Waals surface area contributed by atoms with Gasteiger partial charge in [-0.15, -0.1) is 0 Å². The molecule has 0 spiro atoms. The zero-order valence-corrected chi connectivity index (χ0v) is 12.3. The van der Waals surface area contributed by atoms with Gasteiger partial charge in [0.05, 0.1) is 17.7 Å². The van der Waals surface area contributed by atoms with Gasteiger partial charge >= 0.3 is 0 Å². The molecule has 1 aliphatic rings. The van der Waals surface area contributed by atoms with Crippen molar-refractivity contribution in [3.8, 4) is 11.5 Å². The van der Waals surface area contributed by atoms with Gasteiger partial charge in [-0.3, -0.25) is 0 Å². The summed E-state index contributed by atoms with van der Waals surface area (Å²) in [7, 11) is 0. The van der Waals surface area contributed by atoms with E-state index in [2.05, 4.69) is 15.9 Å². The van der Waals surface area contributed by atoms with Crippen LogP contribution in [0.15, 0.2) is 16.6 Å². The second kappa shape index (κ2) is 6.43. The van der Waals surface area contributed by atoms with E-state index in [4.69, 9.17) is 15.2 Å². The van der Waals surface area contributed by atoms with Crippen molar-refractivity contribution in [2.75, 3.05) is 13.2 Å². The van der Waals surface area contributed by atoms with Gasteiger partial charge in [-0.05, 0) is 59.3 Å². The monoisotopic (exact) mass is 313 g/mol. The Morgan fingerprint density at radius 3 is 2.67 bits per heavy atom. The first kappa shape index (κ1) is 13.7. The molecule has 0 saturated heterocycles. The van der Waals surface area contributed by atoms with Crippen molar-refractivity contribution in [1.29, 1.82) is 0 Å². The fourth-order valence-electron chi connectivity index (χ4n) is 2.00. The second-order valence-corrected chi connectivity index (χ2v) is 5.50. The number of benzene rings is 1. The minimum atomic E-state index is 0.502. The fraction of sp³-hybridized carbons (Fsp3) is 0.571. The van der Waals surface area contributed by atoms with E-state index in [0.717, 1.165) is 28.1 Å². The molecule has 0 aromatic heterocycles. The van der Waals surface area contributed by atoms with E-state index in [9.17, 15) is 0 Å². The quantitative estimate of drug-likeness (QED) is 0.874. The number of ether oxygens (including phenoxy) is 2. The fourth-order valence-corrected chi connectivity index (χ4v) is 2.61. The maximum Gasteiger partial charge on any atom is 0.175 e. The highest BCUT2D eigenvalue weighted by Gasteiger charge is 2.20. The van der Waals surface area contributed by atoms with Crippen molar-refractivity contribution in [3.05, 3.63) is 22.2 Å². The largest absolute Gasteiger partial charge is 0.490 e. The molecule has 1 fully saturated rings. The first-order valence-corrected chi connectivity index (χ1v) is 7.32. The number of halogens is 1. The Hall–Kier alpha value is -0.740. The summed E-state index contributed by atoms with van der Waals surface area (Å²) < 4.78 is 12.5. The summed E-state index contributed by atoms with van der Waals surface area (Å²) >= 11 is 3.54. The van der Waals surface area contributed by atoms with E-state index in [1.54, 1.807) is 0 Å². The summed E-state index contributed by atoms with van der Waals surface area (Å²) in [6, 6.07) is 3.96. The predicted octanol–water partition coefficient (Wildman–Crippen LogP) is 3.49. The molecule has 100 valence electrons. The molecule has 0 atom stereocenters. The molecular weight excluding hydrogens is 294 g/mol. The lowest BCUT2D eigenvalue weighted by atomic mass is 9.86. The van der Waals surface area contributed by atoms with Crippen LogP contribution in [0.2, 0.25) is 0 Å². The van der Waals surface area contributed by atoms with Gasteiger partial charge in [-0.25, -0.2) is 0 Å². The molecule has 2 N–H and O–H groups in total. The average Bonchev–Trinajstić information content (AvgIpc) is 2.30. The number of hydrogen-bond donors (Lipinski definition) is 1. The summed E-state index contributed by atoms with van der Waals surface area (Å²) in [5.74, 6) is 2.30. The molecule has 3 nitrogen and oxygen atoms in total. The molecule has 1 saturated carbocycles. The van der Waals surface area contributed by atoms with Gasteiger partial charge in [0.2, 0.25) is 0 Å². The van der Waals surface area contributed by atoms with Gasteiger partial charge in [0, 0.05) is 6.54 Å². The molecule has 18 heavy (non-hydrogen) atoms. The SMILES string of the molecule is CCOc1cc(CN)cc(Br)c1OCC1CCC1. The maximum absolute atomic E-state index is 5.91. The van der Waals surface area contributed by atoms with E-state index in [0.29, 0.717) is 19.1 Å². The minimum absolute atomic E-state index is 0.502. The van der Waals surface area contributed by atoms with Crippen LogP contribution in [-0.4, -0.2) is 13.2 Å². The summed E-state index contributed by atoms with van der Waals surface area (Å²) in [6.45, 7) is 3.88. The molecule has 0 heterocycles. The van der Waals surface area contributed by atoms with Crippen LogP contribution in [0.1, 0.15) is 31.7 Å². The standard InChI is InChI=1S/C14H20BrNO2/c1-2-17-13-7-11(8-16)6-12(15)14(13)18-9-10-4-3-5-10/h6-7,10H,2-5,8-9,16H2,1H3. The van der Waals surface area contributed by atoms with Crippen LogP contribution < -0.4 is 15.2 Å². The summed E-state index contributed by atoms with van der Waals surface area (Å²) in [5, 5.41) is 0. The zero-order chi connectivity index (χ0) is 13.0. The number of nitrogens with two attached hydrogens (primary N) is 1. The van der Waals surface area contributed by atoms with Crippen molar-refractivity contribution >= 4 is 15.9 Å². The van der Waals surface area contributed by atoms with Gasteiger partial charge in [-0.2, -0.15) is 0 Å². The molecule has 0 amide bonds. The van der Waals surface area contributed by atoms with Crippen LogP contribution in [0.3, 0.4) is 0 Å². The summed E-state index contributed by atoms with van der Waals surface area (Å²) in [5.41, 5.74) is 6.71. The van der Waals surface area contributed by atoms with Crippen LogP contribution in [0, 0.1) is 5.92 Å². The molecule has 4 heteroatoms. The topological polar surface area (TPSA) is 44.5 Å². The summed E-state index contributed by atoms with van der Waals surface area (Å²) in [6.07, 6.45) is 3.89. The van der Waals surface area contributed by atoms with Crippen molar-refractivity contribution in [3.63, 3.8) is 0 Å². The summed E-state index contributed by atoms with van der Waals surface area (Å²) in [4.78, 5) is 0. The minimum Gasteiger partial charge on any atom is -0.490 e. The van der Waals surface area contributed by atoms with Crippen molar-refractivity contribution < 1.29 is 9.47 Å². The molecule has 0 unspecified atom stereocenters. The Morgan fingerprint density at radius 2 is 2.11 bits per heavy atom. The first-order chi connectivity index (χ1) is 8.74. The molecule has 1 aliphatic carbocycles. The van der Waals surface area contributed by atoms with E-state index in [1.165, 1.54) is 19.3 Å². The molecule has 1 aromatic rings. The average molecular weight is 314 g/mol. The number of hydrogen-bond acceptors (Lipinski definition) is 3. The van der Waals surface area contributed by atoms with Crippen LogP contribution >= 0.6 is 15.9 Å². The third-order valence-corrected chi connectivity index (χ3v) is 3.88. The van der Waals surface area contributed by atoms with E-state index in [-0.39, 0.29) is 0 Å². The normalized spacial score (nSPS) is 15.3. The van der Waals surface area contributed by atoms with Crippen LogP contribution in [0.25, 0.3) is 0 Å². The highest BCUT2D eigenvalue weighted by molar-refractivity contribution is 9.10. The van der Waals surface area contributed by atoms with E-state index < -0.39 is 0 Å². The molecule has 0 radical (unpaired) electrons. The van der Waals surface area contributed by atoms with Gasteiger partial charge in [0.1, 0.15) is 0 Å². The molecular formula is C14H20BrNO2. The third-order valence-electron chi connectivity index (χ3n) is 3.29. The molecule has 1 aromatic carbocycles. The van der Waals surface area contributed by atoms with E-state index >= 15 is 0 Å². The highest BCUT2D eigenvalue weighted by Crippen LogP contribution is 2.38. The first-order valence-electron chi connectivity index (χ1n) is 6.52. The van der Waals surface area contributed by atoms with Gasteiger partial charge in [0.15, 0.2) is 11.5 Å².